The number of halogens is 1. The van der Waals surface area contributed by atoms with Crippen molar-refractivity contribution in [1.29, 1.82) is 0 Å². The Morgan fingerprint density at radius 2 is 2.25 bits per heavy atom. The Kier molecular flexibility index (Phi) is 5.67. The molecule has 0 aliphatic heterocycles. The number of carbonyl (C=O) groups excluding carboxylic acids is 1. The fraction of sp³-hybridized carbons (Fsp3) is 0.364. The van der Waals surface area contributed by atoms with Gasteiger partial charge in [0.1, 0.15) is 6.73 Å². The van der Waals surface area contributed by atoms with E-state index in [2.05, 4.69) is 10.6 Å². The van der Waals surface area contributed by atoms with Crippen molar-refractivity contribution < 1.29 is 9.53 Å². The highest BCUT2D eigenvalue weighted by molar-refractivity contribution is 6.30. The molecule has 1 rings (SSSR count). The van der Waals surface area contributed by atoms with E-state index in [1.807, 2.05) is 24.3 Å². The molecule has 5 heteroatoms. The molecule has 4 nitrogen and oxygen atoms in total. The summed E-state index contributed by atoms with van der Waals surface area (Å²) in [5, 5.41) is 5.95. The van der Waals surface area contributed by atoms with Gasteiger partial charge in [0.15, 0.2) is 0 Å². The highest BCUT2D eigenvalue weighted by Gasteiger charge is 1.98. The van der Waals surface area contributed by atoms with E-state index < -0.39 is 0 Å². The second-order valence-electron chi connectivity index (χ2n) is 3.25. The van der Waals surface area contributed by atoms with Gasteiger partial charge in [-0.15, -0.1) is 0 Å². The van der Waals surface area contributed by atoms with Gasteiger partial charge in [0, 0.05) is 18.7 Å². The second kappa shape index (κ2) is 7.09. The van der Waals surface area contributed by atoms with Gasteiger partial charge in [0.25, 0.3) is 0 Å². The van der Waals surface area contributed by atoms with E-state index in [9.17, 15) is 4.79 Å². The third kappa shape index (κ3) is 5.00. The van der Waals surface area contributed by atoms with Crippen LogP contribution in [0, 0.1) is 0 Å². The quantitative estimate of drug-likeness (QED) is 0.774. The predicted octanol–water partition coefficient (Wildman–Crippen LogP) is 1.79. The van der Waals surface area contributed by atoms with Crippen molar-refractivity contribution in [2.45, 2.75) is 6.42 Å². The smallest absolute Gasteiger partial charge is 0.316 e. The van der Waals surface area contributed by atoms with Crippen molar-refractivity contribution in [2.75, 3.05) is 20.4 Å². The van der Waals surface area contributed by atoms with E-state index in [4.69, 9.17) is 16.3 Å². The number of methoxy groups -OCH3 is 1. The number of rotatable bonds is 5. The summed E-state index contributed by atoms with van der Waals surface area (Å²) in [4.78, 5) is 11.1. The Bertz CT molecular complexity index is 345. The van der Waals surface area contributed by atoms with E-state index in [1.54, 1.807) is 0 Å². The molecule has 0 radical (unpaired) electrons. The summed E-state index contributed by atoms with van der Waals surface area (Å²) in [5.41, 5.74) is 1.10. The molecule has 0 spiro atoms. The maximum atomic E-state index is 11.1. The van der Waals surface area contributed by atoms with Gasteiger partial charge in [-0.25, -0.2) is 4.79 Å². The molecule has 2 N–H and O–H groups in total. The molecule has 0 bridgehead atoms. The molecule has 0 aliphatic rings. The van der Waals surface area contributed by atoms with Crippen LogP contribution in [0.5, 0.6) is 0 Å². The van der Waals surface area contributed by atoms with Crippen molar-refractivity contribution in [1.82, 2.24) is 10.6 Å². The Hall–Kier alpha value is -1.26. The lowest BCUT2D eigenvalue weighted by Gasteiger charge is -2.06. The molecule has 2 amide bonds. The van der Waals surface area contributed by atoms with Crippen LogP contribution < -0.4 is 10.6 Å². The lowest BCUT2D eigenvalue weighted by molar-refractivity contribution is 0.172. The predicted molar refractivity (Wildman–Crippen MR) is 63.6 cm³/mol. The summed E-state index contributed by atoms with van der Waals surface area (Å²) in [6.07, 6.45) is 0.751. The van der Waals surface area contributed by atoms with Crippen LogP contribution in [-0.2, 0) is 11.2 Å². The highest BCUT2D eigenvalue weighted by atomic mass is 35.5. The summed E-state index contributed by atoms with van der Waals surface area (Å²) < 4.78 is 4.70. The molecule has 0 fully saturated rings. The van der Waals surface area contributed by atoms with Crippen LogP contribution in [0.25, 0.3) is 0 Å². The van der Waals surface area contributed by atoms with Gasteiger partial charge < -0.3 is 15.4 Å². The minimum Gasteiger partial charge on any atom is -0.364 e. The lowest BCUT2D eigenvalue weighted by Crippen LogP contribution is -2.37. The average Bonchev–Trinajstić information content (AvgIpc) is 2.26. The monoisotopic (exact) mass is 242 g/mol. The average molecular weight is 243 g/mol. The van der Waals surface area contributed by atoms with Crippen molar-refractivity contribution in [3.63, 3.8) is 0 Å². The maximum Gasteiger partial charge on any atom is 0.316 e. The summed E-state index contributed by atoms with van der Waals surface area (Å²) >= 11 is 5.84. The van der Waals surface area contributed by atoms with Gasteiger partial charge in [-0.3, -0.25) is 0 Å². The molecule has 1 aromatic carbocycles. The fourth-order valence-electron chi connectivity index (χ4n) is 1.21. The molecular formula is C11H15ClN2O2. The molecule has 0 unspecified atom stereocenters. The molecule has 0 aliphatic carbocycles. The van der Waals surface area contributed by atoms with Crippen molar-refractivity contribution >= 4 is 17.6 Å². The standard InChI is InChI=1S/C11H15ClN2O2/c1-16-8-14-11(15)13-6-5-9-3-2-4-10(12)7-9/h2-4,7H,5-6,8H2,1H3,(H2,13,14,15). The summed E-state index contributed by atoms with van der Waals surface area (Å²) in [6.45, 7) is 0.777. The summed E-state index contributed by atoms with van der Waals surface area (Å²) in [6, 6.07) is 7.34. The molecule has 0 saturated heterocycles. The fourth-order valence-corrected chi connectivity index (χ4v) is 1.43. The van der Waals surface area contributed by atoms with E-state index in [1.165, 1.54) is 7.11 Å². The zero-order valence-corrected chi connectivity index (χ0v) is 9.88. The van der Waals surface area contributed by atoms with E-state index in [0.29, 0.717) is 11.6 Å². The second-order valence-corrected chi connectivity index (χ2v) is 3.68. The van der Waals surface area contributed by atoms with Crippen LogP contribution in [0.4, 0.5) is 4.79 Å². The third-order valence-electron chi connectivity index (χ3n) is 1.97. The lowest BCUT2D eigenvalue weighted by atomic mass is 10.1. The SMILES string of the molecule is COCNC(=O)NCCc1cccc(Cl)c1. The normalized spacial score (nSPS) is 9.88. The molecule has 1 aromatic rings. The number of urea groups is 1. The Balaban J connectivity index is 2.22. The first-order chi connectivity index (χ1) is 7.72. The number of carbonyl (C=O) groups is 1. The number of amides is 2. The van der Waals surface area contributed by atoms with Crippen molar-refractivity contribution in [3.05, 3.63) is 34.9 Å². The van der Waals surface area contributed by atoms with Crippen LogP contribution in [0.15, 0.2) is 24.3 Å². The zero-order chi connectivity index (χ0) is 11.8. The minimum atomic E-state index is -0.233. The summed E-state index contributed by atoms with van der Waals surface area (Å²) in [5.74, 6) is 0. The van der Waals surface area contributed by atoms with E-state index in [-0.39, 0.29) is 12.8 Å². The zero-order valence-electron chi connectivity index (χ0n) is 9.13. The third-order valence-corrected chi connectivity index (χ3v) is 2.20. The first-order valence-electron chi connectivity index (χ1n) is 4.97. The van der Waals surface area contributed by atoms with Gasteiger partial charge in [0.2, 0.25) is 0 Å². The largest absolute Gasteiger partial charge is 0.364 e. The van der Waals surface area contributed by atoms with Gasteiger partial charge in [-0.2, -0.15) is 0 Å². The van der Waals surface area contributed by atoms with Crippen LogP contribution in [0.1, 0.15) is 5.56 Å². The Labute approximate surface area is 99.9 Å². The van der Waals surface area contributed by atoms with E-state index >= 15 is 0 Å². The maximum absolute atomic E-state index is 11.1. The number of hydrogen-bond acceptors (Lipinski definition) is 2. The first-order valence-corrected chi connectivity index (χ1v) is 5.35. The number of ether oxygens (including phenoxy) is 1. The van der Waals surface area contributed by atoms with Gasteiger partial charge in [-0.05, 0) is 24.1 Å². The molecule has 0 heterocycles. The molecule has 0 aromatic heterocycles. The molecule has 88 valence electrons. The number of hydrogen-bond donors (Lipinski definition) is 2. The van der Waals surface area contributed by atoms with Gasteiger partial charge >= 0.3 is 6.03 Å². The number of nitrogens with one attached hydrogen (secondary N) is 2. The van der Waals surface area contributed by atoms with Crippen LogP contribution >= 0.6 is 11.6 Å². The molecule has 16 heavy (non-hydrogen) atoms. The van der Waals surface area contributed by atoms with Gasteiger partial charge in [-0.1, -0.05) is 23.7 Å². The van der Waals surface area contributed by atoms with Gasteiger partial charge in [0.05, 0.1) is 0 Å². The molecule has 0 saturated carbocycles. The first kappa shape index (κ1) is 12.8. The molecule has 0 atom stereocenters. The van der Waals surface area contributed by atoms with Crippen LogP contribution in [0.3, 0.4) is 0 Å². The van der Waals surface area contributed by atoms with Crippen molar-refractivity contribution in [3.8, 4) is 0 Å². The van der Waals surface area contributed by atoms with Crippen LogP contribution in [-0.4, -0.2) is 26.4 Å². The van der Waals surface area contributed by atoms with Crippen LogP contribution in [0.2, 0.25) is 5.02 Å². The topological polar surface area (TPSA) is 50.4 Å². The molecular weight excluding hydrogens is 228 g/mol. The number of benzene rings is 1. The summed E-state index contributed by atoms with van der Waals surface area (Å²) in [7, 11) is 1.52. The minimum absolute atomic E-state index is 0.211. The van der Waals surface area contributed by atoms with Crippen molar-refractivity contribution in [2.24, 2.45) is 0 Å². The Morgan fingerprint density at radius 1 is 1.44 bits per heavy atom. The highest BCUT2D eigenvalue weighted by Crippen LogP contribution is 2.10. The van der Waals surface area contributed by atoms with E-state index in [0.717, 1.165) is 12.0 Å². The Morgan fingerprint density at radius 3 is 2.94 bits per heavy atom.